The lowest BCUT2D eigenvalue weighted by molar-refractivity contribution is -0.119. The number of halogens is 2. The van der Waals surface area contributed by atoms with Crippen LogP contribution in [0.4, 0.5) is 13.6 Å². The van der Waals surface area contributed by atoms with Crippen LogP contribution in [0.25, 0.3) is 0 Å². The van der Waals surface area contributed by atoms with Crippen LogP contribution in [0.2, 0.25) is 0 Å². The molecule has 22 heavy (non-hydrogen) atoms. The van der Waals surface area contributed by atoms with E-state index in [2.05, 4.69) is 16.0 Å². The summed E-state index contributed by atoms with van der Waals surface area (Å²) in [5.41, 5.74) is 0.510. The normalized spacial score (nSPS) is 12.1. The average molecular weight is 313 g/mol. The Bertz CT molecular complexity index is 536. The minimum absolute atomic E-state index is 0.116. The molecule has 5 nitrogen and oxygen atoms in total. The van der Waals surface area contributed by atoms with Crippen LogP contribution in [-0.2, 0) is 4.79 Å². The first kappa shape index (κ1) is 18.0. The van der Waals surface area contributed by atoms with Gasteiger partial charge in [0.1, 0.15) is 0 Å². The van der Waals surface area contributed by atoms with Gasteiger partial charge >= 0.3 is 6.03 Å². The number of rotatable bonds is 6. The maximum atomic E-state index is 13.1. The molecular formula is C15H21F2N3O2. The second-order valence-electron chi connectivity index (χ2n) is 5.43. The minimum Gasteiger partial charge on any atom is -0.338 e. The summed E-state index contributed by atoms with van der Waals surface area (Å²) in [6.45, 7) is 5.94. The van der Waals surface area contributed by atoms with Gasteiger partial charge in [-0.05, 0) is 30.5 Å². The smallest absolute Gasteiger partial charge is 0.321 e. The van der Waals surface area contributed by atoms with Gasteiger partial charge in [0.15, 0.2) is 11.6 Å². The Morgan fingerprint density at radius 2 is 1.82 bits per heavy atom. The maximum Gasteiger partial charge on any atom is 0.321 e. The Balaban J connectivity index is 2.39. The van der Waals surface area contributed by atoms with E-state index in [1.807, 2.05) is 13.8 Å². The molecule has 0 spiro atoms. The van der Waals surface area contributed by atoms with E-state index in [0.717, 1.165) is 12.1 Å². The Morgan fingerprint density at radius 1 is 1.14 bits per heavy atom. The summed E-state index contributed by atoms with van der Waals surface area (Å²) in [5.74, 6) is -2.08. The van der Waals surface area contributed by atoms with E-state index in [1.165, 1.54) is 6.07 Å². The zero-order valence-electron chi connectivity index (χ0n) is 12.9. The van der Waals surface area contributed by atoms with Gasteiger partial charge in [-0.25, -0.2) is 13.6 Å². The molecule has 3 N–H and O–H groups in total. The van der Waals surface area contributed by atoms with Gasteiger partial charge in [-0.3, -0.25) is 10.1 Å². The van der Waals surface area contributed by atoms with Gasteiger partial charge < -0.3 is 10.6 Å². The van der Waals surface area contributed by atoms with Crippen LogP contribution >= 0.6 is 0 Å². The lowest BCUT2D eigenvalue weighted by atomic mass is 10.1. The Kier molecular flexibility index (Phi) is 6.91. The van der Waals surface area contributed by atoms with Gasteiger partial charge in [-0.15, -0.1) is 0 Å². The van der Waals surface area contributed by atoms with Gasteiger partial charge in [0.2, 0.25) is 5.91 Å². The number of urea groups is 1. The fraction of sp³-hybridized carbons (Fsp3) is 0.467. The van der Waals surface area contributed by atoms with E-state index < -0.39 is 23.6 Å². The number of amides is 3. The van der Waals surface area contributed by atoms with Crippen molar-refractivity contribution in [2.45, 2.75) is 26.8 Å². The van der Waals surface area contributed by atoms with Crippen LogP contribution in [0.15, 0.2) is 18.2 Å². The highest BCUT2D eigenvalue weighted by Gasteiger charge is 2.12. The first-order valence-corrected chi connectivity index (χ1v) is 7.05. The second kappa shape index (κ2) is 8.43. The Hall–Kier alpha value is -2.02. The molecule has 0 aliphatic carbocycles. The number of carbonyl (C=O) groups is 2. The number of carbonyl (C=O) groups excluding carboxylic acids is 2. The van der Waals surface area contributed by atoms with Gasteiger partial charge in [0.05, 0.1) is 6.54 Å². The molecule has 0 aliphatic rings. The van der Waals surface area contributed by atoms with Gasteiger partial charge in [-0.2, -0.15) is 0 Å². The quantitative estimate of drug-likeness (QED) is 0.753. The molecule has 0 bridgehead atoms. The molecule has 1 atom stereocenters. The summed E-state index contributed by atoms with van der Waals surface area (Å²) in [7, 11) is 0. The maximum absolute atomic E-state index is 13.1. The molecule has 7 heteroatoms. The van der Waals surface area contributed by atoms with E-state index in [1.54, 1.807) is 6.92 Å². The van der Waals surface area contributed by atoms with E-state index in [9.17, 15) is 18.4 Å². The van der Waals surface area contributed by atoms with Crippen molar-refractivity contribution in [1.82, 2.24) is 16.0 Å². The van der Waals surface area contributed by atoms with Crippen molar-refractivity contribution in [1.29, 1.82) is 0 Å². The molecule has 0 fully saturated rings. The third-order valence-electron chi connectivity index (χ3n) is 2.94. The molecule has 122 valence electrons. The summed E-state index contributed by atoms with van der Waals surface area (Å²) in [4.78, 5) is 23.0. The third kappa shape index (κ3) is 6.17. The van der Waals surface area contributed by atoms with Crippen molar-refractivity contribution in [3.8, 4) is 0 Å². The number of hydrogen-bond donors (Lipinski definition) is 3. The van der Waals surface area contributed by atoms with Crippen LogP contribution in [0.5, 0.6) is 0 Å². The van der Waals surface area contributed by atoms with E-state index in [4.69, 9.17) is 0 Å². The molecule has 0 saturated carbocycles. The SMILES string of the molecule is CC(C)CNC(=O)NC(=O)CN[C@@H](C)c1ccc(F)c(F)c1. The zero-order chi connectivity index (χ0) is 16.7. The molecule has 1 aromatic rings. The lowest BCUT2D eigenvalue weighted by Gasteiger charge is -2.14. The summed E-state index contributed by atoms with van der Waals surface area (Å²) < 4.78 is 26.0. The van der Waals surface area contributed by atoms with Crippen molar-refractivity contribution < 1.29 is 18.4 Å². The average Bonchev–Trinajstić information content (AvgIpc) is 2.45. The van der Waals surface area contributed by atoms with Crippen LogP contribution in [0, 0.1) is 17.6 Å². The summed E-state index contributed by atoms with van der Waals surface area (Å²) in [6.07, 6.45) is 0. The highest BCUT2D eigenvalue weighted by molar-refractivity contribution is 5.95. The monoisotopic (exact) mass is 313 g/mol. The van der Waals surface area contributed by atoms with Gasteiger partial charge in [0, 0.05) is 12.6 Å². The van der Waals surface area contributed by atoms with Gasteiger partial charge in [0.25, 0.3) is 0 Å². The second-order valence-corrected chi connectivity index (χ2v) is 5.43. The highest BCUT2D eigenvalue weighted by atomic mass is 19.2. The minimum atomic E-state index is -0.941. The van der Waals surface area contributed by atoms with Crippen molar-refractivity contribution in [2.24, 2.45) is 5.92 Å². The van der Waals surface area contributed by atoms with Crippen LogP contribution in [0.3, 0.4) is 0 Å². The summed E-state index contributed by atoms with van der Waals surface area (Å²) in [5, 5.41) is 7.57. The third-order valence-corrected chi connectivity index (χ3v) is 2.94. The molecule has 0 unspecified atom stereocenters. The molecule has 3 amide bonds. The predicted octanol–water partition coefficient (Wildman–Crippen LogP) is 2.10. The first-order chi connectivity index (χ1) is 10.3. The summed E-state index contributed by atoms with van der Waals surface area (Å²) in [6, 6.07) is 2.62. The first-order valence-electron chi connectivity index (χ1n) is 7.05. The molecule has 0 saturated heterocycles. The van der Waals surface area contributed by atoms with Crippen LogP contribution in [-0.4, -0.2) is 25.0 Å². The molecule has 0 heterocycles. The topological polar surface area (TPSA) is 70.2 Å². The van der Waals surface area contributed by atoms with Crippen LogP contribution < -0.4 is 16.0 Å². The Labute approximate surface area is 128 Å². The zero-order valence-corrected chi connectivity index (χ0v) is 12.9. The molecule has 0 radical (unpaired) electrons. The fourth-order valence-electron chi connectivity index (χ4n) is 1.66. The van der Waals surface area contributed by atoms with Gasteiger partial charge in [-0.1, -0.05) is 19.9 Å². The lowest BCUT2D eigenvalue weighted by Crippen LogP contribution is -2.44. The number of imide groups is 1. The number of benzene rings is 1. The molecule has 0 aromatic heterocycles. The van der Waals surface area contributed by atoms with E-state index in [-0.39, 0.29) is 18.5 Å². The standard InChI is InChI=1S/C15H21F2N3O2/c1-9(2)7-19-15(22)20-14(21)8-18-10(3)11-4-5-12(16)13(17)6-11/h4-6,9-10,18H,7-8H2,1-3H3,(H2,19,20,21,22)/t10-/m0/s1. The van der Waals surface area contributed by atoms with E-state index in [0.29, 0.717) is 12.1 Å². The number of hydrogen-bond acceptors (Lipinski definition) is 3. The van der Waals surface area contributed by atoms with Crippen molar-refractivity contribution in [3.63, 3.8) is 0 Å². The predicted molar refractivity (Wildman–Crippen MR) is 79.2 cm³/mol. The number of nitrogens with one attached hydrogen (secondary N) is 3. The van der Waals surface area contributed by atoms with Crippen molar-refractivity contribution in [3.05, 3.63) is 35.4 Å². The highest BCUT2D eigenvalue weighted by Crippen LogP contribution is 2.15. The van der Waals surface area contributed by atoms with Crippen LogP contribution in [0.1, 0.15) is 32.4 Å². The van der Waals surface area contributed by atoms with Crippen molar-refractivity contribution >= 4 is 11.9 Å². The fourth-order valence-corrected chi connectivity index (χ4v) is 1.66. The van der Waals surface area contributed by atoms with Crippen molar-refractivity contribution in [2.75, 3.05) is 13.1 Å². The molecule has 1 aromatic carbocycles. The van der Waals surface area contributed by atoms with E-state index >= 15 is 0 Å². The molecule has 0 aliphatic heterocycles. The molecule has 1 rings (SSSR count). The summed E-state index contributed by atoms with van der Waals surface area (Å²) >= 11 is 0. The largest absolute Gasteiger partial charge is 0.338 e. The molecular weight excluding hydrogens is 292 g/mol. The Morgan fingerprint density at radius 3 is 2.41 bits per heavy atom.